The Kier molecular flexibility index (Phi) is 9.35. The Labute approximate surface area is 248 Å². The maximum absolute atomic E-state index is 14.2. The minimum atomic E-state index is -2.29. The van der Waals surface area contributed by atoms with Crippen LogP contribution in [-0.2, 0) is 38.1 Å². The van der Waals surface area contributed by atoms with Gasteiger partial charge in [-0.25, -0.2) is 4.79 Å². The molecule has 238 valence electrons. The largest absolute Gasteiger partial charge is 0.458 e. The van der Waals surface area contributed by atoms with Crippen molar-refractivity contribution in [2.75, 3.05) is 46.1 Å². The molecule has 4 aliphatic rings. The van der Waals surface area contributed by atoms with Crippen LogP contribution in [0.5, 0.6) is 0 Å². The number of esters is 2. The summed E-state index contributed by atoms with van der Waals surface area (Å²) in [6.07, 6.45) is -1.46. The molecule has 0 spiro atoms. The van der Waals surface area contributed by atoms with Gasteiger partial charge in [-0.15, -0.1) is 6.58 Å². The molecule has 2 heterocycles. The Balaban J connectivity index is 1.83. The lowest BCUT2D eigenvalue weighted by Crippen LogP contribution is -2.87. The molecule has 2 aliphatic heterocycles. The van der Waals surface area contributed by atoms with Crippen LogP contribution >= 0.6 is 0 Å². The molecular weight excluding hydrogens is 546 g/mol. The average Bonchev–Trinajstić information content (AvgIpc) is 2.93. The van der Waals surface area contributed by atoms with E-state index >= 15 is 0 Å². The number of fused-ring (bicyclic) bond motifs is 3. The van der Waals surface area contributed by atoms with Crippen molar-refractivity contribution in [2.24, 2.45) is 16.7 Å². The second kappa shape index (κ2) is 11.9. The number of nitrogens with zero attached hydrogens (tertiary/aromatic N) is 1. The van der Waals surface area contributed by atoms with Crippen molar-refractivity contribution in [1.29, 1.82) is 0 Å². The number of ether oxygens (including phenoxy) is 5. The fourth-order valence-electron chi connectivity index (χ4n) is 8.21. The van der Waals surface area contributed by atoms with Crippen LogP contribution in [0.15, 0.2) is 12.7 Å². The minimum absolute atomic E-state index is 0.0771. The molecule has 4 rings (SSSR count). The number of hydrogen-bond donors (Lipinski definition) is 2. The molecule has 0 aromatic heterocycles. The Morgan fingerprint density at radius 1 is 1.12 bits per heavy atom. The molecule has 2 aliphatic carbocycles. The summed E-state index contributed by atoms with van der Waals surface area (Å²) in [6.45, 7) is 17.3. The van der Waals surface area contributed by atoms with E-state index in [4.69, 9.17) is 23.7 Å². The van der Waals surface area contributed by atoms with Gasteiger partial charge in [-0.3, -0.25) is 14.5 Å². The van der Waals surface area contributed by atoms with E-state index in [0.29, 0.717) is 45.7 Å². The molecule has 2 saturated heterocycles. The topological polar surface area (TPSA) is 141 Å². The van der Waals surface area contributed by atoms with Crippen LogP contribution in [0.4, 0.5) is 0 Å². The third-order valence-corrected chi connectivity index (χ3v) is 10.4. The van der Waals surface area contributed by atoms with Crippen LogP contribution in [0.2, 0.25) is 0 Å². The predicted molar refractivity (Wildman–Crippen MR) is 151 cm³/mol. The van der Waals surface area contributed by atoms with Crippen molar-refractivity contribution in [3.05, 3.63) is 12.7 Å². The molecule has 0 unspecified atom stereocenters. The molecule has 0 amide bonds. The van der Waals surface area contributed by atoms with E-state index in [-0.39, 0.29) is 26.1 Å². The highest BCUT2D eigenvalue weighted by Gasteiger charge is 2.82. The zero-order valence-corrected chi connectivity index (χ0v) is 26.0. The number of Topliss-reactive ketones (excluding diaryl/α,β-unsaturated/α-hetero) is 1. The van der Waals surface area contributed by atoms with E-state index in [1.807, 2.05) is 13.8 Å². The van der Waals surface area contributed by atoms with E-state index in [1.54, 1.807) is 20.8 Å². The van der Waals surface area contributed by atoms with Crippen molar-refractivity contribution < 1.29 is 48.3 Å². The molecule has 0 bridgehead atoms. The fourth-order valence-corrected chi connectivity index (χ4v) is 8.21. The van der Waals surface area contributed by atoms with Gasteiger partial charge < -0.3 is 33.9 Å². The van der Waals surface area contributed by atoms with Gasteiger partial charge in [0.2, 0.25) is 0 Å². The van der Waals surface area contributed by atoms with E-state index in [1.165, 1.54) is 13.0 Å². The monoisotopic (exact) mass is 595 g/mol. The fraction of sp³-hybridized carbons (Fsp3) is 0.839. The number of aliphatic hydroxyl groups is 2. The summed E-state index contributed by atoms with van der Waals surface area (Å²) in [5, 5.41) is 24.4. The Morgan fingerprint density at radius 3 is 2.40 bits per heavy atom. The molecule has 0 radical (unpaired) electrons. The molecule has 4 fully saturated rings. The van der Waals surface area contributed by atoms with Crippen LogP contribution in [0, 0.1) is 16.7 Å². The highest BCUT2D eigenvalue weighted by molar-refractivity contribution is 5.92. The van der Waals surface area contributed by atoms with Crippen molar-refractivity contribution in [2.45, 2.75) is 102 Å². The Hall–Kier alpha value is -1.89. The minimum Gasteiger partial charge on any atom is -0.458 e. The molecule has 0 aromatic carbocycles. The van der Waals surface area contributed by atoms with Crippen LogP contribution in [0.25, 0.3) is 0 Å². The first-order valence-electron chi connectivity index (χ1n) is 15.1. The summed E-state index contributed by atoms with van der Waals surface area (Å²) in [5.74, 6) is -2.59. The Bertz CT molecular complexity index is 1060. The Morgan fingerprint density at radius 2 is 1.79 bits per heavy atom. The molecule has 2 N–H and O–H groups in total. The molecule has 11 nitrogen and oxygen atoms in total. The van der Waals surface area contributed by atoms with Gasteiger partial charge in [-0.05, 0) is 39.0 Å². The SMILES string of the molecule is C=C[C@@]1(C)CC(=O)[C@]2(O)[C@@]3(C)[C@@H](O)CCC(C)(C)[C@@H]3[C@H](OC(=O)CCN3CCOCC3)[C@H](OC(=O)COCC)[C@@]2(C)O1. The summed E-state index contributed by atoms with van der Waals surface area (Å²) in [6, 6.07) is 0. The average molecular weight is 596 g/mol. The molecule has 2 saturated carbocycles. The quantitative estimate of drug-likeness (QED) is 0.298. The second-order valence-corrected chi connectivity index (χ2v) is 13.5. The van der Waals surface area contributed by atoms with Gasteiger partial charge in [-0.1, -0.05) is 26.8 Å². The number of hydrogen-bond acceptors (Lipinski definition) is 11. The number of morpholine rings is 1. The van der Waals surface area contributed by atoms with Crippen LogP contribution in [-0.4, -0.2) is 114 Å². The maximum atomic E-state index is 14.2. The first-order valence-corrected chi connectivity index (χ1v) is 15.1. The van der Waals surface area contributed by atoms with E-state index in [2.05, 4.69) is 11.5 Å². The van der Waals surface area contributed by atoms with Crippen LogP contribution in [0.1, 0.15) is 67.2 Å². The zero-order chi connectivity index (χ0) is 31.1. The van der Waals surface area contributed by atoms with Crippen molar-refractivity contribution >= 4 is 17.7 Å². The lowest BCUT2D eigenvalue weighted by atomic mass is 9.39. The summed E-state index contributed by atoms with van der Waals surface area (Å²) < 4.78 is 29.6. The summed E-state index contributed by atoms with van der Waals surface area (Å²) in [7, 11) is 0. The highest BCUT2D eigenvalue weighted by atomic mass is 16.6. The summed E-state index contributed by atoms with van der Waals surface area (Å²) in [4.78, 5) is 43.0. The standard InChI is InChI=1S/C31H49NO10/c1-8-28(5)18-21(34)31(37)29(6)20(33)10-12-27(3,4)25(29)24(40-22(35)11-13-32-14-16-39-17-15-32)26(30(31,7)42-28)41-23(36)19-38-9-2/h8,20,24-26,33,37H,1,9-19H2,2-7H3/t20-,24-,25-,26-,28-,29-,30+,31-/m0/s1. The van der Waals surface area contributed by atoms with Crippen LogP contribution < -0.4 is 0 Å². The summed E-state index contributed by atoms with van der Waals surface area (Å²) in [5.41, 5.74) is -7.57. The number of aliphatic hydroxyl groups excluding tert-OH is 1. The van der Waals surface area contributed by atoms with Gasteiger partial charge in [0.15, 0.2) is 17.5 Å². The molecule has 11 heteroatoms. The van der Waals surface area contributed by atoms with E-state index in [9.17, 15) is 24.6 Å². The first kappa shape index (κ1) is 33.0. The number of ketones is 1. The van der Waals surface area contributed by atoms with Gasteiger partial charge in [0.05, 0.1) is 31.3 Å². The lowest BCUT2D eigenvalue weighted by molar-refractivity contribution is -0.371. The first-order chi connectivity index (χ1) is 19.6. The highest BCUT2D eigenvalue weighted by Crippen LogP contribution is 2.67. The second-order valence-electron chi connectivity index (χ2n) is 13.5. The van der Waals surface area contributed by atoms with Crippen molar-refractivity contribution in [3.63, 3.8) is 0 Å². The normalized spacial score (nSPS) is 41.8. The van der Waals surface area contributed by atoms with Gasteiger partial charge in [0.1, 0.15) is 18.3 Å². The van der Waals surface area contributed by atoms with Crippen molar-refractivity contribution in [1.82, 2.24) is 4.90 Å². The molecule has 42 heavy (non-hydrogen) atoms. The third-order valence-electron chi connectivity index (χ3n) is 10.4. The summed E-state index contributed by atoms with van der Waals surface area (Å²) >= 11 is 0. The van der Waals surface area contributed by atoms with Gasteiger partial charge in [0, 0.05) is 44.0 Å². The zero-order valence-electron chi connectivity index (χ0n) is 26.0. The van der Waals surface area contributed by atoms with Gasteiger partial charge in [-0.2, -0.15) is 0 Å². The third kappa shape index (κ3) is 5.34. The number of carbonyl (C=O) groups excluding carboxylic acids is 3. The molecule has 0 aromatic rings. The van der Waals surface area contributed by atoms with Crippen molar-refractivity contribution in [3.8, 4) is 0 Å². The van der Waals surface area contributed by atoms with E-state index in [0.717, 1.165) is 0 Å². The lowest BCUT2D eigenvalue weighted by Gasteiger charge is -2.71. The number of carbonyl (C=O) groups is 3. The molecule has 8 atom stereocenters. The predicted octanol–water partition coefficient (Wildman–Crippen LogP) is 1.81. The molecular formula is C31H49NO10. The van der Waals surface area contributed by atoms with E-state index < -0.39 is 69.6 Å². The van der Waals surface area contributed by atoms with Gasteiger partial charge in [0.25, 0.3) is 0 Å². The smallest absolute Gasteiger partial charge is 0.332 e. The van der Waals surface area contributed by atoms with Crippen LogP contribution in [0.3, 0.4) is 0 Å². The number of rotatable bonds is 9. The maximum Gasteiger partial charge on any atom is 0.332 e. The van der Waals surface area contributed by atoms with Gasteiger partial charge >= 0.3 is 11.9 Å².